The third-order valence-corrected chi connectivity index (χ3v) is 6.57. The number of aryl methyl sites for hydroxylation is 1. The van der Waals surface area contributed by atoms with E-state index in [1.807, 2.05) is 42.5 Å². The second kappa shape index (κ2) is 6.02. The minimum atomic E-state index is -3.61. The summed E-state index contributed by atoms with van der Waals surface area (Å²) in [5, 5.41) is 0. The summed E-state index contributed by atoms with van der Waals surface area (Å²) < 4.78 is 28.1. The summed E-state index contributed by atoms with van der Waals surface area (Å²) in [5.74, 6) is 0.738. The second-order valence-electron chi connectivity index (χ2n) is 6.80. The van der Waals surface area contributed by atoms with Gasteiger partial charge in [0.05, 0.1) is 5.69 Å². The number of para-hydroxylation sites is 1. The molecule has 1 aliphatic heterocycles. The van der Waals surface area contributed by atoms with Gasteiger partial charge in [-0.3, -0.25) is 0 Å². The Balaban J connectivity index is 2.12. The number of aromatic nitrogens is 1. The van der Waals surface area contributed by atoms with Gasteiger partial charge >= 0.3 is 0 Å². The zero-order valence-electron chi connectivity index (χ0n) is 15.2. The van der Waals surface area contributed by atoms with Crippen molar-refractivity contribution in [2.45, 2.75) is 38.1 Å². The average Bonchev–Trinajstić information content (AvgIpc) is 3.03. The Morgan fingerprint density at radius 1 is 0.962 bits per heavy atom. The largest absolute Gasteiger partial charge is 0.323 e. The first-order valence-corrected chi connectivity index (χ1v) is 10.3. The topological polar surface area (TPSA) is 42.3 Å². The molecule has 1 aromatic heterocycles. The molecule has 0 bridgehead atoms. The van der Waals surface area contributed by atoms with Crippen LogP contribution in [0.5, 0.6) is 0 Å². The summed E-state index contributed by atoms with van der Waals surface area (Å²) >= 11 is 0. The quantitative estimate of drug-likeness (QED) is 0.668. The van der Waals surface area contributed by atoms with Gasteiger partial charge in [-0.25, -0.2) is 12.4 Å². The first-order valence-electron chi connectivity index (χ1n) is 8.90. The normalized spacial score (nSPS) is 15.0. The van der Waals surface area contributed by atoms with Crippen LogP contribution in [0.2, 0.25) is 0 Å². The first-order chi connectivity index (χ1) is 12.5. The third-order valence-electron chi connectivity index (χ3n) is 4.88. The van der Waals surface area contributed by atoms with Crippen LogP contribution in [0.4, 0.5) is 11.5 Å². The maximum absolute atomic E-state index is 13.3. The molecular formula is C21H22N2O2S. The fraction of sp³-hybridized carbons (Fsp3) is 0.238. The predicted molar refractivity (Wildman–Crippen MR) is 106 cm³/mol. The zero-order valence-corrected chi connectivity index (χ0v) is 16.0. The number of hydrogen-bond acceptors (Lipinski definition) is 3. The molecule has 4 nitrogen and oxygen atoms in total. The van der Waals surface area contributed by atoms with Crippen molar-refractivity contribution in [1.29, 1.82) is 0 Å². The van der Waals surface area contributed by atoms with E-state index in [4.69, 9.17) is 0 Å². The lowest BCUT2D eigenvalue weighted by Gasteiger charge is -2.36. The number of benzene rings is 2. The molecule has 2 heterocycles. The molecule has 0 radical (unpaired) electrons. The average molecular weight is 366 g/mol. The second-order valence-corrected chi connectivity index (χ2v) is 8.59. The minimum Gasteiger partial charge on any atom is -0.323 e. The molecular weight excluding hydrogens is 344 g/mol. The number of nitrogens with zero attached hydrogens (tertiary/aromatic N) is 2. The van der Waals surface area contributed by atoms with E-state index >= 15 is 0 Å². The van der Waals surface area contributed by atoms with Crippen LogP contribution < -0.4 is 4.90 Å². The molecule has 0 fully saturated rings. The van der Waals surface area contributed by atoms with Crippen molar-refractivity contribution in [3.05, 3.63) is 66.4 Å². The van der Waals surface area contributed by atoms with Gasteiger partial charge in [0.15, 0.2) is 0 Å². The number of anilines is 2. The Morgan fingerprint density at radius 3 is 2.27 bits per heavy atom. The van der Waals surface area contributed by atoms with Gasteiger partial charge in [0.1, 0.15) is 10.7 Å². The van der Waals surface area contributed by atoms with Crippen molar-refractivity contribution in [2.24, 2.45) is 0 Å². The number of fused-ring (bicyclic) bond motifs is 2. The third kappa shape index (κ3) is 2.31. The standard InChI is InChI=1S/C21H22N2O2S/c1-4-16-14-22-21(20(16)17-10-6-5-7-11-17)23(15(2)3)18-12-8-9-13-19(18)26(22,24)25/h5-15H,4H2,1-3H3. The SMILES string of the molecule is CCc1cn2c(c1-c1ccccc1)N(C(C)C)c1ccccc1S2(=O)=O. The molecule has 0 amide bonds. The Hall–Kier alpha value is -2.53. The molecule has 134 valence electrons. The summed E-state index contributed by atoms with van der Waals surface area (Å²) in [7, 11) is -3.61. The Kier molecular flexibility index (Phi) is 3.92. The molecule has 3 aromatic rings. The summed E-state index contributed by atoms with van der Waals surface area (Å²) in [6, 6.07) is 17.4. The van der Waals surface area contributed by atoms with E-state index in [0.29, 0.717) is 4.90 Å². The molecule has 0 aliphatic carbocycles. The minimum absolute atomic E-state index is 0.118. The molecule has 0 saturated carbocycles. The van der Waals surface area contributed by atoms with Gasteiger partial charge in [-0.05, 0) is 43.5 Å². The molecule has 0 saturated heterocycles. The Bertz CT molecular complexity index is 1070. The summed E-state index contributed by atoms with van der Waals surface area (Å²) in [4.78, 5) is 2.50. The molecule has 1 aliphatic rings. The first kappa shape index (κ1) is 16.9. The molecule has 2 aromatic carbocycles. The fourth-order valence-corrected chi connectivity index (χ4v) is 5.30. The van der Waals surface area contributed by atoms with Crippen molar-refractivity contribution < 1.29 is 8.42 Å². The highest BCUT2D eigenvalue weighted by Gasteiger charge is 2.37. The summed E-state index contributed by atoms with van der Waals surface area (Å²) in [6.45, 7) is 6.24. The monoisotopic (exact) mass is 366 g/mol. The lowest BCUT2D eigenvalue weighted by Crippen LogP contribution is -2.35. The van der Waals surface area contributed by atoms with Crippen molar-refractivity contribution in [3.63, 3.8) is 0 Å². The van der Waals surface area contributed by atoms with Crippen LogP contribution in [0.25, 0.3) is 11.1 Å². The van der Waals surface area contributed by atoms with E-state index in [1.165, 1.54) is 3.97 Å². The van der Waals surface area contributed by atoms with E-state index in [9.17, 15) is 8.42 Å². The van der Waals surface area contributed by atoms with Gasteiger partial charge in [0.25, 0.3) is 10.0 Å². The summed E-state index contributed by atoms with van der Waals surface area (Å²) in [6.07, 6.45) is 2.56. The van der Waals surface area contributed by atoms with Crippen molar-refractivity contribution in [2.75, 3.05) is 4.90 Å². The maximum atomic E-state index is 13.3. The fourth-order valence-electron chi connectivity index (χ4n) is 3.74. The molecule has 4 rings (SSSR count). The van der Waals surface area contributed by atoms with Crippen molar-refractivity contribution in [3.8, 4) is 11.1 Å². The smallest absolute Gasteiger partial charge is 0.271 e. The zero-order chi connectivity index (χ0) is 18.5. The van der Waals surface area contributed by atoms with E-state index < -0.39 is 10.0 Å². The van der Waals surface area contributed by atoms with E-state index in [2.05, 4.69) is 25.7 Å². The van der Waals surface area contributed by atoms with Crippen molar-refractivity contribution in [1.82, 2.24) is 3.97 Å². The number of rotatable bonds is 3. The van der Waals surface area contributed by atoms with Gasteiger partial charge in [-0.2, -0.15) is 0 Å². The van der Waals surface area contributed by atoms with Crippen LogP contribution in [-0.4, -0.2) is 18.4 Å². The van der Waals surface area contributed by atoms with Gasteiger partial charge in [-0.15, -0.1) is 0 Å². The molecule has 0 spiro atoms. The van der Waals surface area contributed by atoms with Crippen LogP contribution in [0.3, 0.4) is 0 Å². The van der Waals surface area contributed by atoms with Gasteiger partial charge in [-0.1, -0.05) is 49.4 Å². The van der Waals surface area contributed by atoms with Crippen LogP contribution in [0.15, 0.2) is 65.7 Å². The Morgan fingerprint density at radius 2 is 1.62 bits per heavy atom. The molecule has 5 heteroatoms. The van der Waals surface area contributed by atoms with Crippen molar-refractivity contribution >= 4 is 21.5 Å². The van der Waals surface area contributed by atoms with E-state index in [0.717, 1.165) is 34.6 Å². The summed E-state index contributed by atoms with van der Waals surface area (Å²) in [5.41, 5.74) is 3.82. The highest BCUT2D eigenvalue weighted by atomic mass is 32.2. The predicted octanol–water partition coefficient (Wildman–Crippen LogP) is 4.81. The van der Waals surface area contributed by atoms with Crippen LogP contribution in [0, 0.1) is 0 Å². The highest BCUT2D eigenvalue weighted by molar-refractivity contribution is 7.90. The lowest BCUT2D eigenvalue weighted by atomic mass is 10.0. The van der Waals surface area contributed by atoms with Gasteiger partial charge < -0.3 is 4.90 Å². The number of hydrogen-bond donors (Lipinski definition) is 0. The maximum Gasteiger partial charge on any atom is 0.271 e. The van der Waals surface area contributed by atoms with Gasteiger partial charge in [0, 0.05) is 17.8 Å². The van der Waals surface area contributed by atoms with Crippen LogP contribution in [0.1, 0.15) is 26.3 Å². The molecule has 0 unspecified atom stereocenters. The van der Waals surface area contributed by atoms with Crippen LogP contribution in [-0.2, 0) is 16.4 Å². The molecule has 0 N–H and O–H groups in total. The van der Waals surface area contributed by atoms with E-state index in [1.54, 1.807) is 18.3 Å². The molecule has 26 heavy (non-hydrogen) atoms. The molecule has 0 atom stereocenters. The highest BCUT2D eigenvalue weighted by Crippen LogP contribution is 2.47. The lowest BCUT2D eigenvalue weighted by molar-refractivity contribution is 0.582. The van der Waals surface area contributed by atoms with Crippen LogP contribution >= 0.6 is 0 Å². The van der Waals surface area contributed by atoms with E-state index in [-0.39, 0.29) is 6.04 Å². The van der Waals surface area contributed by atoms with Gasteiger partial charge in [0.2, 0.25) is 0 Å². The Labute approximate surface area is 154 Å².